The zero-order valence-electron chi connectivity index (χ0n) is 69.8. The second kappa shape index (κ2) is 27.8. The summed E-state index contributed by atoms with van der Waals surface area (Å²) in [6, 6.07) is 125. The van der Waals surface area contributed by atoms with Crippen LogP contribution >= 0.6 is 15.9 Å². The quantitative estimate of drug-likeness (QED) is 0.112. The van der Waals surface area contributed by atoms with Crippen molar-refractivity contribution in [2.75, 3.05) is 0 Å². The first-order valence-corrected chi connectivity index (χ1v) is 42.9. The number of fused-ring (bicyclic) bond motifs is 22. The number of hydrogen-bond donors (Lipinski definition) is 0. The molecule has 0 saturated carbocycles. The van der Waals surface area contributed by atoms with Gasteiger partial charge in [0.2, 0.25) is 0 Å². The van der Waals surface area contributed by atoms with Gasteiger partial charge in [0.05, 0.1) is 66.5 Å². The zero-order valence-corrected chi connectivity index (χ0v) is 71.4. The van der Waals surface area contributed by atoms with Crippen molar-refractivity contribution in [2.45, 2.75) is 128 Å². The molecule has 2 aromatic heterocycles. The van der Waals surface area contributed by atoms with Crippen LogP contribution in [-0.4, -0.2) is 63.9 Å². The van der Waals surface area contributed by atoms with Gasteiger partial charge in [-0.2, -0.15) is 0 Å². The summed E-state index contributed by atoms with van der Waals surface area (Å²) in [5.41, 5.74) is 20.3. The minimum atomic E-state index is -0.476. The van der Waals surface area contributed by atoms with Crippen molar-refractivity contribution in [1.82, 2.24) is 9.13 Å². The first-order chi connectivity index (χ1) is 57.9. The van der Waals surface area contributed by atoms with Crippen molar-refractivity contribution in [1.29, 1.82) is 0 Å². The van der Waals surface area contributed by atoms with Gasteiger partial charge in [-0.05, 0) is 230 Å². The number of nitrogens with zero attached hydrogens (tertiary/aromatic N) is 2. The fraction of sp³-hybridized carbons (Fsp3) is 0.185. The molecule has 2 aliphatic carbocycles. The maximum Gasteiger partial charge on any atom is 0.494 e. The molecule has 0 amide bonds. The van der Waals surface area contributed by atoms with E-state index < -0.39 is 43.2 Å². The van der Waals surface area contributed by atoms with Gasteiger partial charge in [0.25, 0.3) is 0 Å². The molecular formula is C108H92B3BrN2O6. The molecule has 5 heterocycles. The predicted octanol–water partition coefficient (Wildman–Crippen LogP) is 26.2. The smallest absolute Gasteiger partial charge is 0.405 e. The minimum absolute atomic E-state index is 0.360. The fourth-order valence-electron chi connectivity index (χ4n) is 20.2. The van der Waals surface area contributed by atoms with Crippen LogP contribution in [0, 0.1) is 0 Å². The normalized spacial score (nSPS) is 17.7. The zero-order chi connectivity index (χ0) is 82.2. The van der Waals surface area contributed by atoms with Crippen molar-refractivity contribution in [3.63, 3.8) is 0 Å². The largest absolute Gasteiger partial charge is 0.494 e. The number of aromatic nitrogens is 2. The Hall–Kier alpha value is -11.4. The lowest BCUT2D eigenvalue weighted by molar-refractivity contribution is 0.00578. The van der Waals surface area contributed by atoms with Gasteiger partial charge in [-0.3, -0.25) is 0 Å². The highest BCUT2D eigenvalue weighted by Gasteiger charge is 2.64. The van der Waals surface area contributed by atoms with Crippen molar-refractivity contribution >= 4 is 129 Å². The Morgan fingerprint density at radius 3 is 0.908 bits per heavy atom. The molecule has 3 saturated heterocycles. The van der Waals surface area contributed by atoms with Gasteiger partial charge in [-0.15, -0.1) is 0 Å². The molecule has 0 radical (unpaired) electrons. The van der Waals surface area contributed by atoms with E-state index in [4.69, 9.17) is 27.9 Å². The summed E-state index contributed by atoms with van der Waals surface area (Å²) in [5, 5.41) is 15.1. The molecule has 0 atom stereocenters. The van der Waals surface area contributed by atoms with Crippen molar-refractivity contribution in [3.05, 3.63) is 389 Å². The Kier molecular flexibility index (Phi) is 17.6. The molecule has 3 fully saturated rings. The molecular weight excluding hydrogens is 1530 g/mol. The molecule has 12 heteroatoms. The van der Waals surface area contributed by atoms with E-state index >= 15 is 0 Å². The first-order valence-electron chi connectivity index (χ1n) is 42.1. The Morgan fingerprint density at radius 2 is 0.533 bits per heavy atom. The molecule has 18 aromatic rings. The SMILES string of the molecule is Brc1ccc2c3c4ccccc4c4ccccc4c3n(-c3ccc4c(c3)-c3ccccc3C4(c3ccccc3)c3ccccc3)c2c1.CC1(C)OB(B2OC(C)(C)C(C)(C)O2)OC1(C)C.CC1(C)OB(c2ccc3c4c5ccccc5c5ccccc5c4n(-c4ccc5c(c4)-c4ccccc4C5(c4ccccc4)c4ccccc4)c3c2)OC1(C)C. The van der Waals surface area contributed by atoms with E-state index in [0.29, 0.717) is 0 Å². The summed E-state index contributed by atoms with van der Waals surface area (Å²) < 4.78 is 43.2. The predicted molar refractivity (Wildman–Crippen MR) is 502 cm³/mol. The van der Waals surface area contributed by atoms with Gasteiger partial charge in [0, 0.05) is 48.2 Å². The highest BCUT2D eigenvalue weighted by Crippen LogP contribution is 2.60. The van der Waals surface area contributed by atoms with Gasteiger partial charge >= 0.3 is 21.1 Å². The van der Waals surface area contributed by atoms with Gasteiger partial charge in [-0.25, -0.2) is 0 Å². The molecule has 586 valence electrons. The summed E-state index contributed by atoms with van der Waals surface area (Å²) in [7, 11) is -1.43. The van der Waals surface area contributed by atoms with Crippen molar-refractivity contribution in [3.8, 4) is 33.6 Å². The third kappa shape index (κ3) is 11.4. The van der Waals surface area contributed by atoms with E-state index in [2.05, 4.69) is 392 Å². The van der Waals surface area contributed by atoms with E-state index in [1.165, 1.54) is 148 Å². The molecule has 8 nitrogen and oxygen atoms in total. The fourth-order valence-corrected chi connectivity index (χ4v) is 20.5. The summed E-state index contributed by atoms with van der Waals surface area (Å²) in [6.45, 7) is 24.7. The lowest BCUT2D eigenvalue weighted by atomic mass is 9.49. The molecule has 120 heavy (non-hydrogen) atoms. The summed E-state index contributed by atoms with van der Waals surface area (Å²) in [5.74, 6) is 0. The lowest BCUT2D eigenvalue weighted by Crippen LogP contribution is -2.41. The monoisotopic (exact) mass is 1620 g/mol. The van der Waals surface area contributed by atoms with E-state index in [0.717, 1.165) is 26.8 Å². The Morgan fingerprint density at radius 1 is 0.242 bits per heavy atom. The van der Waals surface area contributed by atoms with Crippen LogP contribution in [0.1, 0.15) is 128 Å². The van der Waals surface area contributed by atoms with Crippen LogP contribution in [0.3, 0.4) is 0 Å². The highest BCUT2D eigenvalue weighted by atomic mass is 79.9. The molecule has 0 unspecified atom stereocenters. The van der Waals surface area contributed by atoms with Crippen molar-refractivity contribution in [2.24, 2.45) is 0 Å². The third-order valence-corrected chi connectivity index (χ3v) is 28.4. The number of benzene rings is 16. The van der Waals surface area contributed by atoms with Gasteiger partial charge in [0.1, 0.15) is 0 Å². The summed E-state index contributed by atoms with van der Waals surface area (Å²) >= 11 is 3.82. The molecule has 16 aromatic carbocycles. The minimum Gasteiger partial charge on any atom is -0.405 e. The van der Waals surface area contributed by atoms with E-state index in [9.17, 15) is 0 Å². The Balaban J connectivity index is 0.000000124. The van der Waals surface area contributed by atoms with E-state index in [1.54, 1.807) is 0 Å². The average Bonchev–Trinajstić information content (AvgIpc) is 1.53. The average molecular weight is 1630 g/mol. The number of rotatable bonds is 8. The molecule has 0 bridgehead atoms. The van der Waals surface area contributed by atoms with Crippen LogP contribution in [-0.2, 0) is 38.8 Å². The molecule has 0 N–H and O–H groups in total. The summed E-state index contributed by atoms with van der Waals surface area (Å²) in [4.78, 5) is 0. The maximum absolute atomic E-state index is 6.63. The summed E-state index contributed by atoms with van der Waals surface area (Å²) in [6.07, 6.45) is 0. The van der Waals surface area contributed by atoms with Crippen LogP contribution in [0.2, 0.25) is 0 Å². The first kappa shape index (κ1) is 76.0. The van der Waals surface area contributed by atoms with Crippen molar-refractivity contribution < 1.29 is 27.9 Å². The van der Waals surface area contributed by atoms with Gasteiger partial charge < -0.3 is 37.1 Å². The van der Waals surface area contributed by atoms with Crippen LogP contribution in [0.15, 0.2) is 344 Å². The van der Waals surface area contributed by atoms with Gasteiger partial charge in [-0.1, -0.05) is 313 Å². The third-order valence-electron chi connectivity index (χ3n) is 28.0. The van der Waals surface area contributed by atoms with E-state index in [-0.39, 0.29) is 22.4 Å². The van der Waals surface area contributed by atoms with Crippen LogP contribution in [0.4, 0.5) is 0 Å². The lowest BCUT2D eigenvalue weighted by Gasteiger charge is -2.33. The number of hydrogen-bond acceptors (Lipinski definition) is 6. The van der Waals surface area contributed by atoms with Crippen LogP contribution in [0.5, 0.6) is 0 Å². The second-order valence-corrected chi connectivity index (χ2v) is 37.0. The van der Waals surface area contributed by atoms with Crippen LogP contribution in [0.25, 0.3) is 120 Å². The molecule has 0 spiro atoms. The Labute approximate surface area is 711 Å². The topological polar surface area (TPSA) is 65.2 Å². The molecule has 5 aliphatic rings. The number of halogens is 1. The Bertz CT molecular complexity index is 7020. The van der Waals surface area contributed by atoms with E-state index in [1.807, 2.05) is 55.4 Å². The molecule has 23 rings (SSSR count). The maximum atomic E-state index is 6.63. The van der Waals surface area contributed by atoms with Gasteiger partial charge in [0.15, 0.2) is 0 Å². The van der Waals surface area contributed by atoms with Crippen LogP contribution < -0.4 is 5.46 Å². The highest BCUT2D eigenvalue weighted by molar-refractivity contribution is 9.10. The second-order valence-electron chi connectivity index (χ2n) is 36.1. The molecule has 3 aliphatic heterocycles. The standard InChI is InChI=1S/C51H40BNO2.C45H28BrN.C12H24B2O4/c1-49(2)50(3,4)55-52(54-49)35-27-29-42-46(31-35)53(48-41-25-14-12-22-38(41)37-21-11-13-24-40(37)47(42)48)36-28-30-45-43(32-36)39-23-15-16-26-44(39)51(45,33-17-7-5-8-18-33)34-19-9-6-10-20-34;46-31-23-25-38-42(27-31)47(44-37-21-10-8-18-34(37)33-17-7-9-20-36(33)43(38)44)32-24-26-41-39(28-32)35-19-11-12-22-40(35)45(41,29-13-3-1-4-14-29)30-15-5-2-6-16-30;1-9(2)10(3,4)16-13(15-9)14-17-11(5,6)12(7,8)18-14/h5-32H,1-4H3;1-28H;1-8H3.